The molecule has 0 heteroatoms. The van der Waals surface area contributed by atoms with Gasteiger partial charge >= 0.3 is 0 Å². The third-order valence-corrected chi connectivity index (χ3v) is 10.5. The van der Waals surface area contributed by atoms with Crippen molar-refractivity contribution in [3.63, 3.8) is 0 Å². The van der Waals surface area contributed by atoms with Crippen LogP contribution in [0, 0.1) is 47.3 Å². The van der Waals surface area contributed by atoms with E-state index in [0.29, 0.717) is 16.7 Å². The third-order valence-electron chi connectivity index (χ3n) is 10.5. The van der Waals surface area contributed by atoms with Crippen molar-refractivity contribution in [3.05, 3.63) is 53.1 Å². The second kappa shape index (κ2) is 7.68. The molecule has 0 aromatic heterocycles. The van der Waals surface area contributed by atoms with Gasteiger partial charge in [-0.05, 0) is 110 Å². The minimum Gasteiger partial charge on any atom is -0.0845 e. The van der Waals surface area contributed by atoms with Gasteiger partial charge in [0.1, 0.15) is 0 Å². The monoisotopic (exact) mass is 402 g/mol. The van der Waals surface area contributed by atoms with Crippen molar-refractivity contribution in [2.24, 2.45) is 40.4 Å². The SMILES string of the molecule is Cc1ccccc1/C=C/C(C)C1CCC2C3CC=C4CCCCC4(C)C3CCC12C. The largest absolute Gasteiger partial charge is 0.0845 e. The van der Waals surface area contributed by atoms with Crippen molar-refractivity contribution in [1.82, 2.24) is 0 Å². The zero-order valence-electron chi connectivity index (χ0n) is 19.8. The Bertz CT molecular complexity index is 843. The summed E-state index contributed by atoms with van der Waals surface area (Å²) in [5.41, 5.74) is 5.72. The van der Waals surface area contributed by atoms with E-state index >= 15 is 0 Å². The summed E-state index contributed by atoms with van der Waals surface area (Å²) in [6.45, 7) is 10.1. The van der Waals surface area contributed by atoms with Gasteiger partial charge in [0.2, 0.25) is 0 Å². The number of fused-ring (bicyclic) bond motifs is 5. The fourth-order valence-corrected chi connectivity index (χ4v) is 8.77. The topological polar surface area (TPSA) is 0 Å². The van der Waals surface area contributed by atoms with E-state index in [1.54, 1.807) is 0 Å². The number of hydrogen-bond acceptors (Lipinski definition) is 0. The summed E-state index contributed by atoms with van der Waals surface area (Å²) < 4.78 is 0. The molecule has 7 atom stereocenters. The van der Waals surface area contributed by atoms with Crippen molar-refractivity contribution < 1.29 is 0 Å². The van der Waals surface area contributed by atoms with Gasteiger partial charge in [0.25, 0.3) is 0 Å². The highest BCUT2D eigenvalue weighted by molar-refractivity contribution is 5.53. The molecule has 4 aliphatic carbocycles. The van der Waals surface area contributed by atoms with Crippen LogP contribution in [0.1, 0.15) is 89.7 Å². The second-order valence-corrected chi connectivity index (χ2v) is 11.8. The molecule has 0 spiro atoms. The van der Waals surface area contributed by atoms with Gasteiger partial charge in [-0.3, -0.25) is 0 Å². The maximum absolute atomic E-state index is 2.72. The molecule has 3 fully saturated rings. The minimum atomic E-state index is 0.539. The van der Waals surface area contributed by atoms with Crippen molar-refractivity contribution in [1.29, 1.82) is 0 Å². The van der Waals surface area contributed by atoms with Crippen LogP contribution in [0.5, 0.6) is 0 Å². The molecule has 1 aromatic carbocycles. The molecule has 3 saturated carbocycles. The zero-order chi connectivity index (χ0) is 20.9. The van der Waals surface area contributed by atoms with Crippen LogP contribution in [-0.2, 0) is 0 Å². The van der Waals surface area contributed by atoms with Crippen LogP contribution < -0.4 is 0 Å². The Labute approximate surface area is 185 Å². The van der Waals surface area contributed by atoms with E-state index in [4.69, 9.17) is 0 Å². The quantitative estimate of drug-likeness (QED) is 0.444. The summed E-state index contributed by atoms with van der Waals surface area (Å²) in [7, 11) is 0. The molecule has 4 aliphatic rings. The molecule has 0 saturated heterocycles. The van der Waals surface area contributed by atoms with Gasteiger partial charge < -0.3 is 0 Å². The first-order chi connectivity index (χ1) is 14.4. The molecule has 0 bridgehead atoms. The smallest absolute Gasteiger partial charge is 0.00853 e. The molecule has 0 nitrogen and oxygen atoms in total. The molecular weight excluding hydrogens is 360 g/mol. The predicted octanol–water partition coefficient (Wildman–Crippen LogP) is 8.61. The van der Waals surface area contributed by atoms with E-state index in [9.17, 15) is 0 Å². The van der Waals surface area contributed by atoms with Crippen LogP contribution in [0.4, 0.5) is 0 Å². The highest BCUT2D eigenvalue weighted by atomic mass is 14.6. The lowest BCUT2D eigenvalue weighted by molar-refractivity contribution is -0.0462. The molecular formula is C30H42. The number of aryl methyl sites for hydroxylation is 1. The van der Waals surface area contributed by atoms with Crippen LogP contribution in [0.25, 0.3) is 6.08 Å². The Kier molecular flexibility index (Phi) is 5.27. The van der Waals surface area contributed by atoms with Crippen LogP contribution in [0.3, 0.4) is 0 Å². The minimum absolute atomic E-state index is 0.539. The first-order valence-electron chi connectivity index (χ1n) is 12.9. The normalized spacial score (nSPS) is 41.7. The Balaban J connectivity index is 1.36. The lowest BCUT2D eigenvalue weighted by Gasteiger charge is -2.58. The van der Waals surface area contributed by atoms with Crippen molar-refractivity contribution >= 4 is 6.08 Å². The fraction of sp³-hybridized carbons (Fsp3) is 0.667. The summed E-state index contributed by atoms with van der Waals surface area (Å²) in [4.78, 5) is 0. The Morgan fingerprint density at radius 1 is 1.00 bits per heavy atom. The summed E-state index contributed by atoms with van der Waals surface area (Å²) in [5.74, 6) is 4.40. The maximum Gasteiger partial charge on any atom is -0.00853 e. The van der Waals surface area contributed by atoms with Crippen molar-refractivity contribution in [2.45, 2.75) is 85.5 Å². The van der Waals surface area contributed by atoms with Gasteiger partial charge in [-0.2, -0.15) is 0 Å². The molecule has 30 heavy (non-hydrogen) atoms. The molecule has 5 rings (SSSR count). The molecule has 0 amide bonds. The lowest BCUT2D eigenvalue weighted by atomic mass is 9.47. The molecule has 0 heterocycles. The first-order valence-corrected chi connectivity index (χ1v) is 12.9. The van der Waals surface area contributed by atoms with Crippen molar-refractivity contribution in [3.8, 4) is 0 Å². The zero-order valence-corrected chi connectivity index (χ0v) is 19.8. The van der Waals surface area contributed by atoms with Crippen molar-refractivity contribution in [2.75, 3.05) is 0 Å². The Morgan fingerprint density at radius 3 is 2.67 bits per heavy atom. The standard InChI is InChI=1S/C30H42/c1-21-9-5-6-10-23(21)13-12-22(2)26-16-17-27-25-15-14-24-11-7-8-19-29(24,3)28(25)18-20-30(26,27)4/h5-6,9-10,12-14,22,25-28H,7-8,11,15-20H2,1-4H3/b13-12+. The van der Waals surface area contributed by atoms with E-state index in [1.165, 1.54) is 68.9 Å². The average Bonchev–Trinajstić information content (AvgIpc) is 3.10. The van der Waals surface area contributed by atoms with E-state index < -0.39 is 0 Å². The molecule has 7 unspecified atom stereocenters. The molecule has 162 valence electrons. The summed E-state index contributed by atoms with van der Waals surface area (Å²) in [6, 6.07) is 8.81. The van der Waals surface area contributed by atoms with E-state index in [-0.39, 0.29) is 0 Å². The molecule has 0 N–H and O–H groups in total. The number of allylic oxidation sites excluding steroid dienone is 3. The third kappa shape index (κ3) is 3.16. The molecule has 0 aliphatic heterocycles. The predicted molar refractivity (Wildman–Crippen MR) is 129 cm³/mol. The summed E-state index contributed by atoms with van der Waals surface area (Å²) >= 11 is 0. The maximum atomic E-state index is 2.72. The van der Waals surface area contributed by atoms with Gasteiger partial charge in [-0.25, -0.2) is 0 Å². The fourth-order valence-electron chi connectivity index (χ4n) is 8.77. The molecule has 0 radical (unpaired) electrons. The van der Waals surface area contributed by atoms with Gasteiger partial charge in [0.15, 0.2) is 0 Å². The van der Waals surface area contributed by atoms with Gasteiger partial charge in [-0.15, -0.1) is 0 Å². The highest BCUT2D eigenvalue weighted by Crippen LogP contribution is 2.67. The van der Waals surface area contributed by atoms with Crippen LogP contribution in [0.15, 0.2) is 42.0 Å². The van der Waals surface area contributed by atoms with E-state index in [0.717, 1.165) is 23.7 Å². The summed E-state index contributed by atoms with van der Waals surface area (Å²) in [6.07, 6.45) is 20.7. The van der Waals surface area contributed by atoms with Crippen LogP contribution >= 0.6 is 0 Å². The van der Waals surface area contributed by atoms with Gasteiger partial charge in [0.05, 0.1) is 0 Å². The van der Waals surface area contributed by atoms with E-state index in [1.807, 2.05) is 5.57 Å². The Hall–Kier alpha value is -1.30. The number of rotatable bonds is 3. The van der Waals surface area contributed by atoms with Gasteiger partial charge in [-0.1, -0.05) is 75.3 Å². The Morgan fingerprint density at radius 2 is 1.83 bits per heavy atom. The number of hydrogen-bond donors (Lipinski definition) is 0. The van der Waals surface area contributed by atoms with Gasteiger partial charge in [0, 0.05) is 0 Å². The number of benzene rings is 1. The van der Waals surface area contributed by atoms with Crippen LogP contribution in [0.2, 0.25) is 0 Å². The second-order valence-electron chi connectivity index (χ2n) is 11.8. The highest BCUT2D eigenvalue weighted by Gasteiger charge is 2.58. The average molecular weight is 403 g/mol. The van der Waals surface area contributed by atoms with Crippen LogP contribution in [-0.4, -0.2) is 0 Å². The lowest BCUT2D eigenvalue weighted by Crippen LogP contribution is -2.49. The summed E-state index contributed by atoms with van der Waals surface area (Å²) in [5, 5.41) is 0. The van der Waals surface area contributed by atoms with E-state index in [2.05, 4.69) is 70.2 Å². The molecule has 1 aromatic rings. The first kappa shape index (κ1) is 20.6.